The summed E-state index contributed by atoms with van der Waals surface area (Å²) in [6.07, 6.45) is -0.360. The topological polar surface area (TPSA) is 55.5 Å². The molecule has 0 radical (unpaired) electrons. The van der Waals surface area contributed by atoms with Crippen molar-refractivity contribution in [3.63, 3.8) is 0 Å². The molecule has 0 unspecified atom stereocenters. The molecule has 1 aliphatic carbocycles. The molecule has 2 aliphatic rings. The quantitative estimate of drug-likeness (QED) is 0.787. The van der Waals surface area contributed by atoms with Gasteiger partial charge in [-0.05, 0) is 26.7 Å². The first kappa shape index (κ1) is 16.6. The van der Waals surface area contributed by atoms with Crippen molar-refractivity contribution < 1.29 is 17.9 Å². The second-order valence-electron chi connectivity index (χ2n) is 6.99. The monoisotopic (exact) mass is 355 g/mol. The highest BCUT2D eigenvalue weighted by molar-refractivity contribution is 5.59. The summed E-state index contributed by atoms with van der Waals surface area (Å²) in [4.78, 5) is 2.05. The fourth-order valence-corrected chi connectivity index (χ4v) is 3.94. The van der Waals surface area contributed by atoms with Crippen molar-refractivity contribution in [2.45, 2.75) is 51.3 Å². The van der Waals surface area contributed by atoms with Gasteiger partial charge in [-0.25, -0.2) is 0 Å². The molecule has 4 rings (SSSR count). The Kier molecular flexibility index (Phi) is 3.68. The van der Waals surface area contributed by atoms with Gasteiger partial charge in [0.15, 0.2) is 11.5 Å². The van der Waals surface area contributed by atoms with Crippen LogP contribution in [0.5, 0.6) is 0 Å². The van der Waals surface area contributed by atoms with Crippen LogP contribution in [0, 0.1) is 13.8 Å². The summed E-state index contributed by atoms with van der Waals surface area (Å²) in [5.41, 5.74) is 1.47. The van der Waals surface area contributed by atoms with Gasteiger partial charge in [0.05, 0.1) is 12.2 Å². The van der Waals surface area contributed by atoms with E-state index in [0.29, 0.717) is 31.1 Å². The van der Waals surface area contributed by atoms with Gasteiger partial charge in [-0.2, -0.15) is 17.7 Å². The number of alkyl halides is 3. The van der Waals surface area contributed by atoms with Gasteiger partial charge < -0.3 is 9.64 Å². The molecule has 2 aromatic rings. The van der Waals surface area contributed by atoms with E-state index in [1.807, 2.05) is 6.92 Å². The number of halogens is 3. The maximum atomic E-state index is 13.2. The van der Waals surface area contributed by atoms with Gasteiger partial charge in [0.2, 0.25) is 0 Å². The van der Waals surface area contributed by atoms with Crippen molar-refractivity contribution in [1.82, 2.24) is 19.8 Å². The van der Waals surface area contributed by atoms with Gasteiger partial charge in [-0.15, -0.1) is 15.3 Å². The average molecular weight is 355 g/mol. The number of anilines is 1. The highest BCUT2D eigenvalue weighted by Gasteiger charge is 2.41. The Labute approximate surface area is 143 Å². The van der Waals surface area contributed by atoms with Crippen LogP contribution in [0.4, 0.5) is 19.0 Å². The molecule has 0 bridgehead atoms. The van der Waals surface area contributed by atoms with E-state index < -0.39 is 12.0 Å². The fraction of sp³-hybridized carbons (Fsp3) is 0.688. The minimum absolute atomic E-state index is 0.150. The van der Waals surface area contributed by atoms with Crippen molar-refractivity contribution in [1.29, 1.82) is 0 Å². The van der Waals surface area contributed by atoms with E-state index in [1.165, 1.54) is 0 Å². The van der Waals surface area contributed by atoms with E-state index in [2.05, 4.69) is 20.2 Å². The summed E-state index contributed by atoms with van der Waals surface area (Å²) < 4.78 is 46.4. The highest BCUT2D eigenvalue weighted by atomic mass is 19.4. The number of hydrogen-bond donors (Lipinski definition) is 0. The maximum Gasteiger partial charge on any atom is 0.453 e. The summed E-state index contributed by atoms with van der Waals surface area (Å²) in [6, 6.07) is 0. The van der Waals surface area contributed by atoms with Gasteiger partial charge in [-0.1, -0.05) is 12.8 Å². The van der Waals surface area contributed by atoms with Crippen LogP contribution >= 0.6 is 0 Å². The number of nitrogens with zero attached hydrogens (tertiary/aromatic N) is 5. The molecular formula is C16H20F3N5O. The van der Waals surface area contributed by atoms with Crippen LogP contribution in [0.25, 0.3) is 5.65 Å². The Bertz CT molecular complexity index is 810. The smallest absolute Gasteiger partial charge is 0.371 e. The molecule has 6 nitrogen and oxygen atoms in total. The number of rotatable bonds is 1. The second kappa shape index (κ2) is 5.55. The van der Waals surface area contributed by atoms with Crippen LogP contribution in [0.3, 0.4) is 0 Å². The lowest BCUT2D eigenvalue weighted by Crippen LogP contribution is -2.51. The number of ether oxygens (including phenoxy) is 1. The molecule has 1 aliphatic heterocycles. The average Bonchev–Trinajstić information content (AvgIpc) is 3.17. The summed E-state index contributed by atoms with van der Waals surface area (Å²) in [6.45, 7) is 5.47. The highest BCUT2D eigenvalue weighted by Crippen LogP contribution is 2.38. The fourth-order valence-electron chi connectivity index (χ4n) is 3.94. The lowest BCUT2D eigenvalue weighted by molar-refractivity contribution is -0.146. The molecule has 0 amide bonds. The molecule has 9 heteroatoms. The van der Waals surface area contributed by atoms with Crippen LogP contribution < -0.4 is 4.90 Å². The first-order valence-electron chi connectivity index (χ1n) is 8.49. The molecule has 2 fully saturated rings. The zero-order valence-corrected chi connectivity index (χ0v) is 14.2. The zero-order chi connectivity index (χ0) is 17.8. The summed E-state index contributed by atoms with van der Waals surface area (Å²) in [5.74, 6) is -0.527. The predicted molar refractivity (Wildman–Crippen MR) is 84.6 cm³/mol. The van der Waals surface area contributed by atoms with E-state index in [0.717, 1.165) is 35.8 Å². The molecule has 1 saturated carbocycles. The number of hydrogen-bond acceptors (Lipinski definition) is 5. The Hall–Kier alpha value is -1.90. The van der Waals surface area contributed by atoms with Crippen molar-refractivity contribution in [2.24, 2.45) is 0 Å². The van der Waals surface area contributed by atoms with Crippen molar-refractivity contribution in [3.05, 3.63) is 17.0 Å². The first-order chi connectivity index (χ1) is 11.8. The van der Waals surface area contributed by atoms with E-state index in [9.17, 15) is 13.2 Å². The molecule has 25 heavy (non-hydrogen) atoms. The van der Waals surface area contributed by atoms with Gasteiger partial charge in [0.25, 0.3) is 5.82 Å². The van der Waals surface area contributed by atoms with Crippen LogP contribution in [-0.2, 0) is 10.9 Å². The molecule has 136 valence electrons. The third kappa shape index (κ3) is 2.65. The summed E-state index contributed by atoms with van der Waals surface area (Å²) >= 11 is 0. The van der Waals surface area contributed by atoms with E-state index >= 15 is 0 Å². The molecule has 1 saturated heterocycles. The lowest BCUT2D eigenvalue weighted by atomic mass is 9.99. The standard InChI is InChI=1S/C16H20F3N5O/c1-10-11(2)13(22-24-12(10)20-21-14(24)16(17,18)19)23-7-8-25-15(9-23)5-3-4-6-15/h3-9H2,1-2H3. The van der Waals surface area contributed by atoms with Crippen LogP contribution in [0.1, 0.15) is 42.6 Å². The molecule has 3 heterocycles. The van der Waals surface area contributed by atoms with Gasteiger partial charge in [-0.3, -0.25) is 0 Å². The summed E-state index contributed by atoms with van der Waals surface area (Å²) in [5, 5.41) is 11.3. The third-order valence-corrected chi connectivity index (χ3v) is 5.39. The van der Waals surface area contributed by atoms with Crippen LogP contribution in [0.2, 0.25) is 0 Å². The summed E-state index contributed by atoms with van der Waals surface area (Å²) in [7, 11) is 0. The van der Waals surface area contributed by atoms with E-state index in [1.54, 1.807) is 6.92 Å². The van der Waals surface area contributed by atoms with Gasteiger partial charge in [0.1, 0.15) is 0 Å². The zero-order valence-electron chi connectivity index (χ0n) is 14.2. The number of fused-ring (bicyclic) bond motifs is 1. The number of morpholine rings is 1. The minimum Gasteiger partial charge on any atom is -0.371 e. The Morgan fingerprint density at radius 2 is 1.80 bits per heavy atom. The van der Waals surface area contributed by atoms with Crippen molar-refractivity contribution in [3.8, 4) is 0 Å². The molecule has 0 atom stereocenters. The van der Waals surface area contributed by atoms with Gasteiger partial charge >= 0.3 is 6.18 Å². The first-order valence-corrected chi connectivity index (χ1v) is 8.49. The second-order valence-corrected chi connectivity index (χ2v) is 6.99. The lowest BCUT2D eigenvalue weighted by Gasteiger charge is -2.41. The van der Waals surface area contributed by atoms with Crippen molar-refractivity contribution in [2.75, 3.05) is 24.6 Å². The molecule has 0 N–H and O–H groups in total. The van der Waals surface area contributed by atoms with E-state index in [4.69, 9.17) is 4.74 Å². The SMILES string of the molecule is Cc1c(N2CCOC3(CCCC3)C2)nn2c(C(F)(F)F)nnc2c1C. The number of aryl methyl sites for hydroxylation is 1. The molecule has 2 aromatic heterocycles. The normalized spacial score (nSPS) is 20.8. The Morgan fingerprint density at radius 1 is 1.08 bits per heavy atom. The third-order valence-electron chi connectivity index (χ3n) is 5.39. The van der Waals surface area contributed by atoms with Crippen LogP contribution in [0.15, 0.2) is 0 Å². The molecule has 1 spiro atoms. The Morgan fingerprint density at radius 3 is 2.48 bits per heavy atom. The van der Waals surface area contributed by atoms with E-state index in [-0.39, 0.29) is 11.2 Å². The Balaban J connectivity index is 1.80. The van der Waals surface area contributed by atoms with Crippen molar-refractivity contribution >= 4 is 11.5 Å². The number of aromatic nitrogens is 4. The molecule has 0 aromatic carbocycles. The maximum absolute atomic E-state index is 13.2. The largest absolute Gasteiger partial charge is 0.453 e. The van der Waals surface area contributed by atoms with Crippen LogP contribution in [-0.4, -0.2) is 45.1 Å². The minimum atomic E-state index is -4.59. The van der Waals surface area contributed by atoms with Gasteiger partial charge in [0, 0.05) is 24.2 Å². The molecular weight excluding hydrogens is 335 g/mol. The predicted octanol–water partition coefficient (Wildman–Crippen LogP) is 2.91.